The third kappa shape index (κ3) is 4.08. The van der Waals surface area contributed by atoms with Gasteiger partial charge in [0.05, 0.1) is 11.7 Å². The zero-order chi connectivity index (χ0) is 23.2. The second-order valence-electron chi connectivity index (χ2n) is 7.62. The van der Waals surface area contributed by atoms with Crippen molar-refractivity contribution in [1.29, 1.82) is 0 Å². The van der Waals surface area contributed by atoms with Crippen LogP contribution in [-0.4, -0.2) is 34.9 Å². The number of hydrogen-bond acceptors (Lipinski definition) is 6. The number of carbonyl (C=O) groups is 1. The minimum Gasteiger partial charge on any atom is -0.454 e. The van der Waals surface area contributed by atoms with Crippen molar-refractivity contribution in [2.24, 2.45) is 0 Å². The summed E-state index contributed by atoms with van der Waals surface area (Å²) in [6, 6.07) is 11.0. The number of aromatic nitrogens is 2. The van der Waals surface area contributed by atoms with Crippen molar-refractivity contribution in [3.63, 3.8) is 0 Å². The molecule has 0 saturated carbocycles. The highest BCUT2D eigenvalue weighted by atomic mass is 32.2. The number of alkyl halides is 3. The fourth-order valence-electron chi connectivity index (χ4n) is 3.97. The van der Waals surface area contributed by atoms with Crippen molar-refractivity contribution in [3.05, 3.63) is 59.8 Å². The van der Waals surface area contributed by atoms with Crippen LogP contribution >= 0.6 is 11.8 Å². The Hall–Kier alpha value is -3.34. The van der Waals surface area contributed by atoms with Gasteiger partial charge in [0.1, 0.15) is 5.82 Å². The average molecular weight is 476 g/mol. The molecule has 0 spiro atoms. The molecule has 0 saturated heterocycles. The lowest BCUT2D eigenvalue weighted by Crippen LogP contribution is -2.35. The molecule has 11 heteroatoms. The lowest BCUT2D eigenvalue weighted by molar-refractivity contribution is -0.173. The van der Waals surface area contributed by atoms with Crippen LogP contribution in [-0.2, 0) is 0 Å². The molecule has 33 heavy (non-hydrogen) atoms. The van der Waals surface area contributed by atoms with Crippen LogP contribution in [0.15, 0.2) is 53.4 Å². The van der Waals surface area contributed by atoms with Gasteiger partial charge in [-0.1, -0.05) is 18.2 Å². The van der Waals surface area contributed by atoms with Gasteiger partial charge in [-0.05, 0) is 36.1 Å². The zero-order valence-corrected chi connectivity index (χ0v) is 18.2. The van der Waals surface area contributed by atoms with Crippen molar-refractivity contribution < 1.29 is 27.4 Å². The summed E-state index contributed by atoms with van der Waals surface area (Å²) in [6.07, 6.45) is -2.96. The Morgan fingerprint density at radius 2 is 1.97 bits per heavy atom. The number of halogens is 3. The topological polar surface area (TPSA) is 77.4 Å². The first-order valence-corrected chi connectivity index (χ1v) is 11.3. The van der Waals surface area contributed by atoms with Gasteiger partial charge in [-0.3, -0.25) is 4.79 Å². The summed E-state index contributed by atoms with van der Waals surface area (Å²) in [4.78, 5) is 13.6. The third-order valence-electron chi connectivity index (χ3n) is 5.58. The fourth-order valence-corrected chi connectivity index (χ4v) is 4.52. The molecule has 0 radical (unpaired) electrons. The monoisotopic (exact) mass is 476 g/mol. The maximum atomic E-state index is 13.9. The first-order valence-electron chi connectivity index (χ1n) is 10.1. The van der Waals surface area contributed by atoms with Gasteiger partial charge < -0.3 is 20.1 Å². The predicted octanol–water partition coefficient (Wildman–Crippen LogP) is 5.25. The molecular weight excluding hydrogens is 457 g/mol. The van der Waals surface area contributed by atoms with E-state index in [-0.39, 0.29) is 24.7 Å². The number of carbonyl (C=O) groups excluding carboxylic acids is 1. The standard InChI is InChI=1S/C22H19F3N4O3S/c1-33-18-5-3-2-4-13(18)27-21(30)15-10-20-26-14(9-19(22(23,24)25)29(20)28-15)12-6-7-16-17(8-12)32-11-31-16/h2-8,10,14,19,26H,9,11H2,1H3,(H,27,30). The predicted molar refractivity (Wildman–Crippen MR) is 117 cm³/mol. The Labute approximate surface area is 191 Å². The van der Waals surface area contributed by atoms with Gasteiger partial charge >= 0.3 is 6.18 Å². The summed E-state index contributed by atoms with van der Waals surface area (Å²) in [6.45, 7) is 0.0764. The second-order valence-corrected chi connectivity index (χ2v) is 8.46. The molecule has 2 aliphatic rings. The molecule has 3 heterocycles. The number of thioether (sulfide) groups is 1. The molecule has 0 fully saturated rings. The van der Waals surface area contributed by atoms with E-state index in [9.17, 15) is 18.0 Å². The number of nitrogens with zero attached hydrogens (tertiary/aromatic N) is 2. The zero-order valence-electron chi connectivity index (χ0n) is 17.3. The average Bonchev–Trinajstić information content (AvgIpc) is 3.44. The van der Waals surface area contributed by atoms with Gasteiger partial charge in [0.15, 0.2) is 23.2 Å². The van der Waals surface area contributed by atoms with Crippen LogP contribution in [0.2, 0.25) is 0 Å². The van der Waals surface area contributed by atoms with E-state index in [0.717, 1.165) is 9.58 Å². The largest absolute Gasteiger partial charge is 0.454 e. The van der Waals surface area contributed by atoms with Crippen LogP contribution in [0.4, 0.5) is 24.7 Å². The Bertz CT molecular complexity index is 1210. The molecule has 2 aromatic carbocycles. The van der Waals surface area contributed by atoms with Crippen molar-refractivity contribution >= 4 is 29.2 Å². The highest BCUT2D eigenvalue weighted by Crippen LogP contribution is 2.45. The summed E-state index contributed by atoms with van der Waals surface area (Å²) in [7, 11) is 0. The van der Waals surface area contributed by atoms with Crippen LogP contribution in [0.3, 0.4) is 0 Å². The maximum Gasteiger partial charge on any atom is 0.410 e. The SMILES string of the molecule is CSc1ccccc1NC(=O)c1cc2n(n1)C(C(F)(F)F)CC(c1ccc3c(c1)OCO3)N2. The van der Waals surface area contributed by atoms with Gasteiger partial charge in [-0.25, -0.2) is 4.68 Å². The Morgan fingerprint density at radius 3 is 2.76 bits per heavy atom. The number of fused-ring (bicyclic) bond motifs is 2. The normalized spacial score (nSPS) is 19.0. The molecule has 2 atom stereocenters. The van der Waals surface area contributed by atoms with E-state index in [4.69, 9.17) is 9.47 Å². The highest BCUT2D eigenvalue weighted by Gasteiger charge is 2.47. The number of anilines is 2. The summed E-state index contributed by atoms with van der Waals surface area (Å²) in [5.74, 6) is 0.580. The van der Waals surface area contributed by atoms with Crippen LogP contribution in [0.25, 0.3) is 0 Å². The molecular formula is C22H19F3N4O3S. The molecule has 2 unspecified atom stereocenters. The van der Waals surface area contributed by atoms with Crippen LogP contribution < -0.4 is 20.1 Å². The quantitative estimate of drug-likeness (QED) is 0.501. The van der Waals surface area contributed by atoms with Crippen molar-refractivity contribution in [1.82, 2.24) is 9.78 Å². The number of hydrogen-bond donors (Lipinski definition) is 2. The van der Waals surface area contributed by atoms with E-state index in [1.807, 2.05) is 18.4 Å². The molecule has 1 aromatic heterocycles. The van der Waals surface area contributed by atoms with Gasteiger partial charge in [0, 0.05) is 17.4 Å². The molecule has 0 bridgehead atoms. The number of nitrogens with one attached hydrogen (secondary N) is 2. The van der Waals surface area contributed by atoms with Crippen molar-refractivity contribution in [2.75, 3.05) is 23.7 Å². The first kappa shape index (κ1) is 21.5. The summed E-state index contributed by atoms with van der Waals surface area (Å²) < 4.78 is 53.3. The lowest BCUT2D eigenvalue weighted by Gasteiger charge is -2.33. The minimum atomic E-state index is -4.54. The van der Waals surface area contributed by atoms with Gasteiger partial charge in [0.25, 0.3) is 5.91 Å². The molecule has 2 N–H and O–H groups in total. The second kappa shape index (κ2) is 8.22. The molecule has 1 amide bonds. The lowest BCUT2D eigenvalue weighted by atomic mass is 9.96. The van der Waals surface area contributed by atoms with Crippen LogP contribution in [0, 0.1) is 0 Å². The smallest absolute Gasteiger partial charge is 0.410 e. The Kier molecular flexibility index (Phi) is 5.35. The molecule has 7 nitrogen and oxygen atoms in total. The van der Waals surface area contributed by atoms with E-state index >= 15 is 0 Å². The number of amides is 1. The molecule has 0 aliphatic carbocycles. The number of ether oxygens (including phenoxy) is 2. The highest BCUT2D eigenvalue weighted by molar-refractivity contribution is 7.98. The Morgan fingerprint density at radius 1 is 1.18 bits per heavy atom. The maximum absolute atomic E-state index is 13.9. The summed E-state index contributed by atoms with van der Waals surface area (Å²) in [5, 5.41) is 9.83. The van der Waals surface area contributed by atoms with Gasteiger partial charge in [-0.15, -0.1) is 11.8 Å². The van der Waals surface area contributed by atoms with Gasteiger partial charge in [0.2, 0.25) is 6.79 Å². The first-order chi connectivity index (χ1) is 15.8. The van der Waals surface area contributed by atoms with Gasteiger partial charge in [-0.2, -0.15) is 18.3 Å². The molecule has 5 rings (SSSR count). The summed E-state index contributed by atoms with van der Waals surface area (Å²) in [5.41, 5.74) is 1.09. The molecule has 3 aromatic rings. The number of rotatable bonds is 4. The van der Waals surface area contributed by atoms with E-state index in [2.05, 4.69) is 15.7 Å². The van der Waals surface area contributed by atoms with E-state index in [0.29, 0.717) is 22.7 Å². The summed E-state index contributed by atoms with van der Waals surface area (Å²) >= 11 is 1.45. The molecule has 2 aliphatic heterocycles. The fraction of sp³-hybridized carbons (Fsp3) is 0.273. The van der Waals surface area contributed by atoms with Crippen LogP contribution in [0.1, 0.15) is 34.6 Å². The van der Waals surface area contributed by atoms with Crippen molar-refractivity contribution in [2.45, 2.75) is 29.6 Å². The van der Waals surface area contributed by atoms with E-state index < -0.39 is 24.2 Å². The van der Waals surface area contributed by atoms with E-state index in [1.54, 1.807) is 30.3 Å². The van der Waals surface area contributed by atoms with Crippen LogP contribution in [0.5, 0.6) is 11.5 Å². The number of benzene rings is 2. The Balaban J connectivity index is 1.45. The molecule has 172 valence electrons. The van der Waals surface area contributed by atoms with Crippen molar-refractivity contribution in [3.8, 4) is 11.5 Å². The number of para-hydroxylation sites is 1. The minimum absolute atomic E-state index is 0.0764. The van der Waals surface area contributed by atoms with E-state index in [1.165, 1.54) is 17.8 Å². The third-order valence-corrected chi connectivity index (χ3v) is 6.37.